The van der Waals surface area contributed by atoms with Crippen LogP contribution in [0.3, 0.4) is 0 Å². The van der Waals surface area contributed by atoms with Crippen LogP contribution in [0.1, 0.15) is 16.1 Å². The number of amides is 1. The van der Waals surface area contributed by atoms with E-state index in [4.69, 9.17) is 4.42 Å². The summed E-state index contributed by atoms with van der Waals surface area (Å²) in [6.45, 7) is 0.586. The first-order valence-electron chi connectivity index (χ1n) is 7.27. The maximum absolute atomic E-state index is 12.8. The van der Waals surface area contributed by atoms with E-state index in [1.807, 2.05) is 24.3 Å². The van der Waals surface area contributed by atoms with E-state index in [1.165, 1.54) is 6.26 Å². The van der Waals surface area contributed by atoms with Gasteiger partial charge < -0.3 is 14.3 Å². The first-order chi connectivity index (χ1) is 11.2. The molecule has 0 saturated carbocycles. The SMILES string of the molecule is O=C(c1cc(-c2ccco2)[nH]c(=O)n1)N1CCc2ccccc21. The van der Waals surface area contributed by atoms with Gasteiger partial charge >= 0.3 is 5.69 Å². The number of nitrogens with one attached hydrogen (secondary N) is 1. The molecule has 1 aliphatic rings. The van der Waals surface area contributed by atoms with Crippen molar-refractivity contribution in [2.45, 2.75) is 6.42 Å². The van der Waals surface area contributed by atoms with Crippen LogP contribution in [0.5, 0.6) is 0 Å². The molecule has 6 nitrogen and oxygen atoms in total. The number of anilines is 1. The summed E-state index contributed by atoms with van der Waals surface area (Å²) in [5.41, 5.74) is 1.97. The van der Waals surface area contributed by atoms with E-state index in [9.17, 15) is 9.59 Å². The molecule has 0 fully saturated rings. The molecule has 3 aromatic rings. The number of furan rings is 1. The molecule has 0 saturated heterocycles. The van der Waals surface area contributed by atoms with Gasteiger partial charge in [0.15, 0.2) is 0 Å². The molecule has 4 rings (SSSR count). The first kappa shape index (κ1) is 13.5. The van der Waals surface area contributed by atoms with Crippen LogP contribution in [-0.2, 0) is 6.42 Å². The van der Waals surface area contributed by atoms with Crippen molar-refractivity contribution in [1.29, 1.82) is 0 Å². The van der Waals surface area contributed by atoms with E-state index in [2.05, 4.69) is 9.97 Å². The van der Waals surface area contributed by atoms with Crippen LogP contribution in [-0.4, -0.2) is 22.4 Å². The second kappa shape index (κ2) is 5.24. The first-order valence-corrected chi connectivity index (χ1v) is 7.27. The number of hydrogen-bond acceptors (Lipinski definition) is 4. The fraction of sp³-hybridized carbons (Fsp3) is 0.118. The number of hydrogen-bond donors (Lipinski definition) is 1. The van der Waals surface area contributed by atoms with Gasteiger partial charge in [-0.15, -0.1) is 0 Å². The van der Waals surface area contributed by atoms with Crippen LogP contribution in [0.25, 0.3) is 11.5 Å². The molecular weight excluding hydrogens is 294 g/mol. The summed E-state index contributed by atoms with van der Waals surface area (Å²) in [5.74, 6) is 0.203. The van der Waals surface area contributed by atoms with Gasteiger partial charge in [0, 0.05) is 12.2 Å². The molecule has 1 aliphatic heterocycles. The van der Waals surface area contributed by atoms with E-state index in [0.717, 1.165) is 17.7 Å². The summed E-state index contributed by atoms with van der Waals surface area (Å²) in [7, 11) is 0. The Morgan fingerprint density at radius 1 is 1.22 bits per heavy atom. The fourth-order valence-corrected chi connectivity index (χ4v) is 2.82. The molecule has 6 heteroatoms. The Morgan fingerprint density at radius 3 is 2.91 bits per heavy atom. The molecule has 114 valence electrons. The maximum Gasteiger partial charge on any atom is 0.346 e. The van der Waals surface area contributed by atoms with E-state index in [-0.39, 0.29) is 11.6 Å². The molecule has 1 amide bonds. The lowest BCUT2D eigenvalue weighted by molar-refractivity contribution is 0.0984. The van der Waals surface area contributed by atoms with Crippen molar-refractivity contribution < 1.29 is 9.21 Å². The summed E-state index contributed by atoms with van der Waals surface area (Å²) in [6.07, 6.45) is 2.31. The highest BCUT2D eigenvalue weighted by molar-refractivity contribution is 6.06. The zero-order valence-corrected chi connectivity index (χ0v) is 12.2. The summed E-state index contributed by atoms with van der Waals surface area (Å²) in [6, 6.07) is 12.7. The summed E-state index contributed by atoms with van der Waals surface area (Å²) in [4.78, 5) is 32.6. The molecule has 0 radical (unpaired) electrons. The number of carbonyl (C=O) groups excluding carboxylic acids is 1. The minimum absolute atomic E-state index is 0.108. The standard InChI is InChI=1S/C17H13N3O3/c21-16(20-8-7-11-4-1-2-5-14(11)20)13-10-12(18-17(22)19-13)15-6-3-9-23-15/h1-6,9-10H,7-8H2,(H,18,19,22). The highest BCUT2D eigenvalue weighted by Crippen LogP contribution is 2.28. The van der Waals surface area contributed by atoms with Crippen LogP contribution in [0, 0.1) is 0 Å². The van der Waals surface area contributed by atoms with Crippen molar-refractivity contribution in [3.63, 3.8) is 0 Å². The van der Waals surface area contributed by atoms with Crippen LogP contribution in [0.15, 0.2) is 57.9 Å². The molecule has 0 aliphatic carbocycles. The van der Waals surface area contributed by atoms with Crippen LogP contribution < -0.4 is 10.6 Å². The largest absolute Gasteiger partial charge is 0.463 e. The van der Waals surface area contributed by atoms with Crippen LogP contribution in [0.2, 0.25) is 0 Å². The van der Waals surface area contributed by atoms with Crippen molar-refractivity contribution >= 4 is 11.6 Å². The molecule has 23 heavy (non-hydrogen) atoms. The summed E-state index contributed by atoms with van der Waals surface area (Å²) >= 11 is 0. The van der Waals surface area contributed by atoms with Gasteiger partial charge in [-0.05, 0) is 36.2 Å². The Balaban J connectivity index is 1.74. The molecule has 1 N–H and O–H groups in total. The lowest BCUT2D eigenvalue weighted by Gasteiger charge is -2.16. The van der Waals surface area contributed by atoms with Crippen molar-refractivity contribution in [1.82, 2.24) is 9.97 Å². The van der Waals surface area contributed by atoms with Gasteiger partial charge in [-0.3, -0.25) is 4.79 Å². The predicted molar refractivity (Wildman–Crippen MR) is 84.4 cm³/mol. The Bertz CT molecular complexity index is 928. The lowest BCUT2D eigenvalue weighted by atomic mass is 10.2. The summed E-state index contributed by atoms with van der Waals surface area (Å²) < 4.78 is 5.27. The van der Waals surface area contributed by atoms with E-state index in [1.54, 1.807) is 23.1 Å². The third-order valence-electron chi connectivity index (χ3n) is 3.88. The molecule has 0 unspecified atom stereocenters. The third kappa shape index (κ3) is 2.34. The third-order valence-corrected chi connectivity index (χ3v) is 3.88. The molecule has 3 heterocycles. The number of H-pyrrole nitrogens is 1. The van der Waals surface area contributed by atoms with Crippen molar-refractivity contribution in [3.05, 3.63) is 70.5 Å². The number of para-hydroxylation sites is 1. The van der Waals surface area contributed by atoms with E-state index >= 15 is 0 Å². The summed E-state index contributed by atoms with van der Waals surface area (Å²) in [5, 5.41) is 0. The van der Waals surface area contributed by atoms with Gasteiger partial charge in [0.25, 0.3) is 5.91 Å². The van der Waals surface area contributed by atoms with Gasteiger partial charge in [-0.1, -0.05) is 18.2 Å². The average Bonchev–Trinajstić information content (AvgIpc) is 3.23. The zero-order valence-electron chi connectivity index (χ0n) is 12.2. The van der Waals surface area contributed by atoms with Gasteiger partial charge in [-0.25, -0.2) is 4.79 Å². The van der Waals surface area contributed by atoms with Crippen LogP contribution in [0.4, 0.5) is 5.69 Å². The van der Waals surface area contributed by atoms with E-state index < -0.39 is 5.69 Å². The highest BCUT2D eigenvalue weighted by atomic mass is 16.3. The van der Waals surface area contributed by atoms with Crippen molar-refractivity contribution in [3.8, 4) is 11.5 Å². The van der Waals surface area contributed by atoms with Crippen LogP contribution >= 0.6 is 0 Å². The number of aromatic amines is 1. The monoisotopic (exact) mass is 307 g/mol. The Kier molecular flexibility index (Phi) is 3.08. The Hall–Kier alpha value is -3.15. The quantitative estimate of drug-likeness (QED) is 0.787. The fourth-order valence-electron chi connectivity index (χ4n) is 2.82. The molecular formula is C17H13N3O3. The number of fused-ring (bicyclic) bond motifs is 1. The van der Waals surface area contributed by atoms with Gasteiger partial charge in [-0.2, -0.15) is 4.98 Å². The molecule has 1 aromatic carbocycles. The van der Waals surface area contributed by atoms with Crippen molar-refractivity contribution in [2.24, 2.45) is 0 Å². The number of benzene rings is 1. The van der Waals surface area contributed by atoms with Gasteiger partial charge in [0.1, 0.15) is 11.5 Å². The van der Waals surface area contributed by atoms with Gasteiger partial charge in [0.05, 0.1) is 12.0 Å². The minimum atomic E-state index is -0.574. The Labute approximate surface area is 131 Å². The molecule has 0 spiro atoms. The van der Waals surface area contributed by atoms with Gasteiger partial charge in [0.2, 0.25) is 0 Å². The average molecular weight is 307 g/mol. The number of aromatic nitrogens is 2. The topological polar surface area (TPSA) is 79.2 Å². The van der Waals surface area contributed by atoms with Crippen molar-refractivity contribution in [2.75, 3.05) is 11.4 Å². The highest BCUT2D eigenvalue weighted by Gasteiger charge is 2.26. The zero-order chi connectivity index (χ0) is 15.8. The maximum atomic E-state index is 12.8. The number of carbonyl (C=O) groups is 1. The minimum Gasteiger partial charge on any atom is -0.463 e. The Morgan fingerprint density at radius 2 is 2.09 bits per heavy atom. The predicted octanol–water partition coefficient (Wildman–Crippen LogP) is 2.23. The lowest BCUT2D eigenvalue weighted by Crippen LogP contribution is -2.31. The second-order valence-corrected chi connectivity index (χ2v) is 5.30. The smallest absolute Gasteiger partial charge is 0.346 e. The number of nitrogens with zero attached hydrogens (tertiary/aromatic N) is 2. The molecule has 0 atom stereocenters. The molecule has 0 bridgehead atoms. The number of rotatable bonds is 2. The molecule has 2 aromatic heterocycles. The second-order valence-electron chi connectivity index (χ2n) is 5.30. The normalized spacial score (nSPS) is 13.1. The van der Waals surface area contributed by atoms with E-state index in [0.29, 0.717) is 18.0 Å².